The third kappa shape index (κ3) is 3.15. The first kappa shape index (κ1) is 13.4. The zero-order chi connectivity index (χ0) is 12.8. The lowest BCUT2D eigenvalue weighted by Gasteiger charge is -2.19. The Balaban J connectivity index is 3.12. The summed E-state index contributed by atoms with van der Waals surface area (Å²) in [5.41, 5.74) is 0.833. The highest BCUT2D eigenvalue weighted by atomic mass is 16.4. The predicted molar refractivity (Wildman–Crippen MR) is 66.5 cm³/mol. The molecule has 1 rings (SSSR count). The number of rotatable bonds is 6. The maximum Gasteiger partial charge on any atom is 0.339 e. The van der Waals surface area contributed by atoms with Gasteiger partial charge in [0.2, 0.25) is 5.95 Å². The van der Waals surface area contributed by atoms with E-state index >= 15 is 0 Å². The SMILES string of the molecule is CCCc1nc(N(CC)CC)ncc1C(=O)O. The van der Waals surface area contributed by atoms with Gasteiger partial charge in [0, 0.05) is 19.3 Å². The smallest absolute Gasteiger partial charge is 0.339 e. The number of aromatic nitrogens is 2. The predicted octanol–water partition coefficient (Wildman–Crippen LogP) is 1.97. The van der Waals surface area contributed by atoms with E-state index in [4.69, 9.17) is 5.11 Å². The highest BCUT2D eigenvalue weighted by Gasteiger charge is 2.14. The molecule has 0 saturated carbocycles. The van der Waals surface area contributed by atoms with Gasteiger partial charge in [-0.15, -0.1) is 0 Å². The Morgan fingerprint density at radius 1 is 1.35 bits per heavy atom. The number of carbonyl (C=O) groups is 1. The van der Waals surface area contributed by atoms with E-state index < -0.39 is 5.97 Å². The molecule has 1 aromatic rings. The normalized spacial score (nSPS) is 10.3. The van der Waals surface area contributed by atoms with Crippen LogP contribution in [0.1, 0.15) is 43.2 Å². The van der Waals surface area contributed by atoms with Gasteiger partial charge in [0.1, 0.15) is 0 Å². The van der Waals surface area contributed by atoms with Crippen LogP contribution in [0.3, 0.4) is 0 Å². The van der Waals surface area contributed by atoms with Crippen molar-refractivity contribution in [2.24, 2.45) is 0 Å². The Bertz CT molecular complexity index is 389. The molecule has 5 heteroatoms. The lowest BCUT2D eigenvalue weighted by molar-refractivity contribution is 0.0694. The minimum absolute atomic E-state index is 0.211. The molecular formula is C12H19N3O2. The lowest BCUT2D eigenvalue weighted by atomic mass is 10.1. The summed E-state index contributed by atoms with van der Waals surface area (Å²) in [6.45, 7) is 7.68. The standard InChI is InChI=1S/C12H19N3O2/c1-4-7-10-9(11(16)17)8-13-12(14-10)15(5-2)6-3/h8H,4-7H2,1-3H3,(H,16,17). The Labute approximate surface area is 102 Å². The van der Waals surface area contributed by atoms with E-state index in [0.717, 1.165) is 19.5 Å². The van der Waals surface area contributed by atoms with E-state index in [2.05, 4.69) is 9.97 Å². The van der Waals surface area contributed by atoms with Crippen LogP contribution >= 0.6 is 0 Å². The molecule has 5 nitrogen and oxygen atoms in total. The van der Waals surface area contributed by atoms with Crippen molar-refractivity contribution in [3.63, 3.8) is 0 Å². The molecule has 1 heterocycles. The van der Waals surface area contributed by atoms with Crippen LogP contribution in [-0.2, 0) is 6.42 Å². The minimum Gasteiger partial charge on any atom is -0.478 e. The minimum atomic E-state index is -0.959. The highest BCUT2D eigenvalue weighted by Crippen LogP contribution is 2.13. The Hall–Kier alpha value is -1.65. The van der Waals surface area contributed by atoms with Crippen molar-refractivity contribution in [3.8, 4) is 0 Å². The van der Waals surface area contributed by atoms with E-state index in [-0.39, 0.29) is 5.56 Å². The molecule has 0 fully saturated rings. The number of hydrogen-bond donors (Lipinski definition) is 1. The zero-order valence-electron chi connectivity index (χ0n) is 10.6. The molecular weight excluding hydrogens is 218 g/mol. The number of aryl methyl sites for hydroxylation is 1. The van der Waals surface area contributed by atoms with E-state index in [1.165, 1.54) is 6.20 Å². The summed E-state index contributed by atoms with van der Waals surface area (Å²) in [6.07, 6.45) is 2.95. The molecule has 1 aromatic heterocycles. The topological polar surface area (TPSA) is 66.3 Å². The van der Waals surface area contributed by atoms with E-state index in [1.54, 1.807) is 0 Å². The molecule has 94 valence electrons. The van der Waals surface area contributed by atoms with Gasteiger partial charge >= 0.3 is 5.97 Å². The fourth-order valence-corrected chi connectivity index (χ4v) is 1.67. The number of carboxylic acid groups (broad SMARTS) is 1. The van der Waals surface area contributed by atoms with E-state index in [0.29, 0.717) is 18.1 Å². The van der Waals surface area contributed by atoms with Crippen molar-refractivity contribution in [1.82, 2.24) is 9.97 Å². The van der Waals surface area contributed by atoms with Crippen molar-refractivity contribution in [2.75, 3.05) is 18.0 Å². The summed E-state index contributed by atoms with van der Waals surface area (Å²) in [7, 11) is 0. The molecule has 0 aliphatic heterocycles. The van der Waals surface area contributed by atoms with Gasteiger partial charge in [0.15, 0.2) is 0 Å². The zero-order valence-corrected chi connectivity index (χ0v) is 10.6. The quantitative estimate of drug-likeness (QED) is 0.819. The molecule has 0 atom stereocenters. The monoisotopic (exact) mass is 237 g/mol. The molecule has 1 N–H and O–H groups in total. The van der Waals surface area contributed by atoms with Crippen LogP contribution in [0.25, 0.3) is 0 Å². The summed E-state index contributed by atoms with van der Waals surface area (Å²) < 4.78 is 0. The van der Waals surface area contributed by atoms with Crippen LogP contribution in [0, 0.1) is 0 Å². The number of nitrogens with zero attached hydrogens (tertiary/aromatic N) is 3. The van der Waals surface area contributed by atoms with Gasteiger partial charge < -0.3 is 10.0 Å². The Kier molecular flexibility index (Phi) is 4.87. The van der Waals surface area contributed by atoms with Crippen LogP contribution in [0.4, 0.5) is 5.95 Å². The summed E-state index contributed by atoms with van der Waals surface area (Å²) in [5, 5.41) is 9.04. The molecule has 0 aromatic carbocycles. The second-order valence-electron chi connectivity index (χ2n) is 3.76. The van der Waals surface area contributed by atoms with Crippen LogP contribution in [-0.4, -0.2) is 34.1 Å². The average Bonchev–Trinajstić information content (AvgIpc) is 2.31. The maximum atomic E-state index is 11.0. The van der Waals surface area contributed by atoms with E-state index in [9.17, 15) is 4.79 Å². The van der Waals surface area contributed by atoms with Gasteiger partial charge in [0.25, 0.3) is 0 Å². The molecule has 0 unspecified atom stereocenters. The number of hydrogen-bond acceptors (Lipinski definition) is 4. The first-order valence-corrected chi connectivity index (χ1v) is 5.98. The fraction of sp³-hybridized carbons (Fsp3) is 0.583. The first-order valence-electron chi connectivity index (χ1n) is 5.98. The largest absolute Gasteiger partial charge is 0.478 e. The molecule has 0 amide bonds. The summed E-state index contributed by atoms with van der Waals surface area (Å²) in [5.74, 6) is -0.344. The second kappa shape index (κ2) is 6.18. The molecule has 0 radical (unpaired) electrons. The number of carboxylic acids is 1. The third-order valence-corrected chi connectivity index (χ3v) is 2.62. The van der Waals surface area contributed by atoms with Crippen LogP contribution in [0.15, 0.2) is 6.20 Å². The number of aromatic carboxylic acids is 1. The summed E-state index contributed by atoms with van der Waals surface area (Å²) in [4.78, 5) is 21.5. The summed E-state index contributed by atoms with van der Waals surface area (Å²) in [6, 6.07) is 0. The molecule has 17 heavy (non-hydrogen) atoms. The van der Waals surface area contributed by atoms with Crippen molar-refractivity contribution < 1.29 is 9.90 Å². The second-order valence-corrected chi connectivity index (χ2v) is 3.76. The van der Waals surface area contributed by atoms with Gasteiger partial charge in [-0.2, -0.15) is 0 Å². The van der Waals surface area contributed by atoms with Gasteiger partial charge in [-0.3, -0.25) is 0 Å². The van der Waals surface area contributed by atoms with Crippen LogP contribution in [0.5, 0.6) is 0 Å². The Morgan fingerprint density at radius 3 is 2.47 bits per heavy atom. The van der Waals surface area contributed by atoms with Gasteiger partial charge in [-0.25, -0.2) is 14.8 Å². The number of anilines is 1. The summed E-state index contributed by atoms with van der Waals surface area (Å²) >= 11 is 0. The van der Waals surface area contributed by atoms with Crippen molar-refractivity contribution in [3.05, 3.63) is 17.5 Å². The van der Waals surface area contributed by atoms with Crippen molar-refractivity contribution in [2.45, 2.75) is 33.6 Å². The lowest BCUT2D eigenvalue weighted by Crippen LogP contribution is -2.25. The average molecular weight is 237 g/mol. The third-order valence-electron chi connectivity index (χ3n) is 2.62. The maximum absolute atomic E-state index is 11.0. The van der Waals surface area contributed by atoms with Crippen molar-refractivity contribution in [1.29, 1.82) is 0 Å². The van der Waals surface area contributed by atoms with Gasteiger partial charge in [-0.05, 0) is 20.3 Å². The Morgan fingerprint density at radius 2 is 2.00 bits per heavy atom. The van der Waals surface area contributed by atoms with Gasteiger partial charge in [0.05, 0.1) is 11.3 Å². The molecule has 0 bridgehead atoms. The molecule has 0 aliphatic rings. The van der Waals surface area contributed by atoms with Crippen molar-refractivity contribution >= 4 is 11.9 Å². The fourth-order valence-electron chi connectivity index (χ4n) is 1.67. The van der Waals surface area contributed by atoms with Crippen LogP contribution in [0.2, 0.25) is 0 Å². The van der Waals surface area contributed by atoms with E-state index in [1.807, 2.05) is 25.7 Å². The van der Waals surface area contributed by atoms with Gasteiger partial charge in [-0.1, -0.05) is 13.3 Å². The highest BCUT2D eigenvalue weighted by molar-refractivity contribution is 5.88. The van der Waals surface area contributed by atoms with Crippen LogP contribution < -0.4 is 4.90 Å². The first-order chi connectivity index (χ1) is 8.13. The molecule has 0 spiro atoms. The molecule has 0 saturated heterocycles. The molecule has 0 aliphatic carbocycles.